The minimum Gasteiger partial charge on any atom is -0.497 e. The molecular weight excluding hydrogens is 354 g/mol. The lowest BCUT2D eigenvalue weighted by molar-refractivity contribution is -0.122. The highest BCUT2D eigenvalue weighted by molar-refractivity contribution is 5.93. The molecular formula is C22H25N3O3. The van der Waals surface area contributed by atoms with Crippen LogP contribution in [0.15, 0.2) is 48.7 Å². The van der Waals surface area contributed by atoms with Crippen molar-refractivity contribution in [2.24, 2.45) is 0 Å². The Morgan fingerprint density at radius 1 is 1.21 bits per heavy atom. The molecule has 0 unspecified atom stereocenters. The van der Waals surface area contributed by atoms with Crippen molar-refractivity contribution in [1.29, 1.82) is 0 Å². The van der Waals surface area contributed by atoms with Crippen LogP contribution in [0.1, 0.15) is 47.7 Å². The summed E-state index contributed by atoms with van der Waals surface area (Å²) in [5.41, 5.74) is 1.52. The number of hydrogen-bond acceptors (Lipinski definition) is 4. The van der Waals surface area contributed by atoms with Crippen molar-refractivity contribution in [2.45, 2.75) is 43.7 Å². The summed E-state index contributed by atoms with van der Waals surface area (Å²) >= 11 is 0. The lowest BCUT2D eigenvalue weighted by atomic mass is 9.88. The molecule has 0 bridgehead atoms. The molecule has 0 radical (unpaired) electrons. The maximum Gasteiger partial charge on any atom is 0.272 e. The van der Waals surface area contributed by atoms with Crippen LogP contribution in [0.25, 0.3) is 0 Å². The highest BCUT2D eigenvalue weighted by Gasteiger charge is 2.45. The van der Waals surface area contributed by atoms with E-state index in [9.17, 15) is 9.59 Å². The normalized spacial score (nSPS) is 24.7. The van der Waals surface area contributed by atoms with Gasteiger partial charge in [-0.1, -0.05) is 24.6 Å². The number of nitrogens with zero attached hydrogens (tertiary/aromatic N) is 2. The summed E-state index contributed by atoms with van der Waals surface area (Å²) in [6, 6.07) is 13.2. The van der Waals surface area contributed by atoms with Gasteiger partial charge in [-0.25, -0.2) is 0 Å². The maximum atomic E-state index is 13.2. The first-order valence-electron chi connectivity index (χ1n) is 9.82. The Bertz CT molecular complexity index is 855. The Kier molecular flexibility index (Phi) is 5.28. The summed E-state index contributed by atoms with van der Waals surface area (Å²) in [5.74, 6) is 0.793. The molecule has 4 rings (SSSR count). The zero-order valence-corrected chi connectivity index (χ0v) is 16.0. The predicted molar refractivity (Wildman–Crippen MR) is 105 cm³/mol. The molecule has 6 nitrogen and oxygen atoms in total. The van der Waals surface area contributed by atoms with Crippen molar-refractivity contribution in [2.75, 3.05) is 13.7 Å². The van der Waals surface area contributed by atoms with Gasteiger partial charge in [-0.15, -0.1) is 0 Å². The lowest BCUT2D eigenvalue weighted by Crippen LogP contribution is -2.48. The van der Waals surface area contributed by atoms with Crippen LogP contribution >= 0.6 is 0 Å². The molecule has 1 aromatic carbocycles. The van der Waals surface area contributed by atoms with E-state index in [-0.39, 0.29) is 29.8 Å². The molecule has 3 atom stereocenters. The Balaban J connectivity index is 1.69. The van der Waals surface area contributed by atoms with Gasteiger partial charge < -0.3 is 15.0 Å². The number of carbonyl (C=O) groups excluding carboxylic acids is 2. The molecule has 2 aromatic rings. The molecule has 1 aromatic heterocycles. The van der Waals surface area contributed by atoms with Gasteiger partial charge in [-0.2, -0.15) is 0 Å². The molecule has 2 saturated heterocycles. The first-order valence-corrected chi connectivity index (χ1v) is 9.82. The number of hydrogen-bond donors (Lipinski definition) is 1. The molecule has 2 amide bonds. The third-order valence-electron chi connectivity index (χ3n) is 5.79. The molecule has 2 aliphatic rings. The number of likely N-dealkylation sites (tertiary alicyclic amines) is 1. The van der Waals surface area contributed by atoms with Crippen LogP contribution in [0.3, 0.4) is 0 Å². The van der Waals surface area contributed by atoms with Crippen molar-refractivity contribution in [3.05, 3.63) is 59.9 Å². The van der Waals surface area contributed by atoms with E-state index < -0.39 is 0 Å². The second-order valence-electron chi connectivity index (χ2n) is 7.46. The number of fused-ring (bicyclic) bond motifs is 1. The summed E-state index contributed by atoms with van der Waals surface area (Å²) in [7, 11) is 1.64. The van der Waals surface area contributed by atoms with Gasteiger partial charge in [0.1, 0.15) is 11.4 Å². The summed E-state index contributed by atoms with van der Waals surface area (Å²) in [6.07, 6.45) is 4.85. The van der Waals surface area contributed by atoms with Gasteiger partial charge in [-0.05, 0) is 42.7 Å². The number of amides is 2. The standard InChI is InChI=1S/C22H25N3O3/c1-28-16-8-6-7-15(13-16)17-14-25(22(27)18-9-4-5-12-23-18)19-10-2-3-11-20(26)24-21(17)19/h4-9,12-13,17,19,21H,2-3,10-11,14H2,1H3,(H,24,26)/t17-,19+,21-/m0/s1. The largest absolute Gasteiger partial charge is 0.497 e. The van der Waals surface area contributed by atoms with Crippen molar-refractivity contribution >= 4 is 11.8 Å². The number of aromatic nitrogens is 1. The number of pyridine rings is 1. The maximum absolute atomic E-state index is 13.2. The van der Waals surface area contributed by atoms with Crippen LogP contribution in [0, 0.1) is 0 Å². The zero-order chi connectivity index (χ0) is 19.5. The van der Waals surface area contributed by atoms with Crippen molar-refractivity contribution in [3.8, 4) is 5.75 Å². The second-order valence-corrected chi connectivity index (χ2v) is 7.46. The van der Waals surface area contributed by atoms with Gasteiger partial charge in [0.25, 0.3) is 5.91 Å². The summed E-state index contributed by atoms with van der Waals surface area (Å²) < 4.78 is 5.38. The van der Waals surface area contributed by atoms with Crippen LogP contribution in [-0.2, 0) is 4.79 Å². The average Bonchev–Trinajstić information content (AvgIpc) is 3.07. The monoisotopic (exact) mass is 379 g/mol. The molecule has 2 fully saturated rings. The Morgan fingerprint density at radius 3 is 2.89 bits per heavy atom. The van der Waals surface area contributed by atoms with Gasteiger partial charge >= 0.3 is 0 Å². The van der Waals surface area contributed by atoms with E-state index >= 15 is 0 Å². The quantitative estimate of drug-likeness (QED) is 0.890. The van der Waals surface area contributed by atoms with E-state index in [2.05, 4.69) is 10.3 Å². The number of carbonyl (C=O) groups is 2. The molecule has 2 aliphatic heterocycles. The Morgan fingerprint density at radius 2 is 2.11 bits per heavy atom. The Hall–Kier alpha value is -2.89. The van der Waals surface area contributed by atoms with E-state index in [4.69, 9.17) is 4.74 Å². The van der Waals surface area contributed by atoms with E-state index in [1.54, 1.807) is 25.4 Å². The Labute approximate surface area is 164 Å². The summed E-state index contributed by atoms with van der Waals surface area (Å²) in [6.45, 7) is 0.554. The fourth-order valence-corrected chi connectivity index (χ4v) is 4.41. The minimum atomic E-state index is -0.104. The third kappa shape index (κ3) is 3.59. The smallest absolute Gasteiger partial charge is 0.272 e. The fraction of sp³-hybridized carbons (Fsp3) is 0.409. The SMILES string of the molecule is COc1cccc([C@@H]2CN(C(=O)c3ccccn3)[C@@H]3CCCCC(=O)N[C@H]32)c1. The summed E-state index contributed by atoms with van der Waals surface area (Å²) in [5, 5.41) is 3.21. The van der Waals surface area contributed by atoms with Gasteiger partial charge in [0.15, 0.2) is 0 Å². The molecule has 6 heteroatoms. The van der Waals surface area contributed by atoms with Crippen molar-refractivity contribution in [1.82, 2.24) is 15.2 Å². The second kappa shape index (κ2) is 8.00. The number of ether oxygens (including phenoxy) is 1. The highest BCUT2D eigenvalue weighted by Crippen LogP contribution is 2.37. The number of benzene rings is 1. The number of methoxy groups -OCH3 is 1. The van der Waals surface area contributed by atoms with Crippen LogP contribution in [0.5, 0.6) is 5.75 Å². The molecule has 0 spiro atoms. The van der Waals surface area contributed by atoms with Crippen molar-refractivity contribution in [3.63, 3.8) is 0 Å². The van der Waals surface area contributed by atoms with E-state index in [1.807, 2.05) is 35.2 Å². The van der Waals surface area contributed by atoms with Gasteiger partial charge in [0.05, 0.1) is 19.2 Å². The van der Waals surface area contributed by atoms with Crippen LogP contribution < -0.4 is 10.1 Å². The lowest BCUT2D eigenvalue weighted by Gasteiger charge is -2.31. The third-order valence-corrected chi connectivity index (χ3v) is 5.79. The summed E-state index contributed by atoms with van der Waals surface area (Å²) in [4.78, 5) is 31.7. The van der Waals surface area contributed by atoms with Crippen molar-refractivity contribution < 1.29 is 14.3 Å². The molecule has 3 heterocycles. The van der Waals surface area contributed by atoms with Crippen LogP contribution in [0.4, 0.5) is 0 Å². The molecule has 0 saturated carbocycles. The molecule has 146 valence electrons. The molecule has 1 N–H and O–H groups in total. The first-order chi connectivity index (χ1) is 13.7. The van der Waals surface area contributed by atoms with Gasteiger partial charge in [0.2, 0.25) is 5.91 Å². The fourth-order valence-electron chi connectivity index (χ4n) is 4.41. The zero-order valence-electron chi connectivity index (χ0n) is 16.0. The van der Waals surface area contributed by atoms with E-state index in [0.29, 0.717) is 18.7 Å². The van der Waals surface area contributed by atoms with E-state index in [1.165, 1.54) is 0 Å². The number of rotatable bonds is 3. The van der Waals surface area contributed by atoms with Crippen LogP contribution in [0.2, 0.25) is 0 Å². The molecule has 28 heavy (non-hydrogen) atoms. The molecule has 0 aliphatic carbocycles. The van der Waals surface area contributed by atoms with Gasteiger partial charge in [0, 0.05) is 25.1 Å². The predicted octanol–water partition coefficient (Wildman–Crippen LogP) is 2.76. The van der Waals surface area contributed by atoms with Crippen LogP contribution in [-0.4, -0.2) is 47.4 Å². The van der Waals surface area contributed by atoms with E-state index in [0.717, 1.165) is 30.6 Å². The topological polar surface area (TPSA) is 71.5 Å². The number of nitrogens with one attached hydrogen (secondary N) is 1. The first kappa shape index (κ1) is 18.5. The average molecular weight is 379 g/mol. The highest BCUT2D eigenvalue weighted by atomic mass is 16.5. The van der Waals surface area contributed by atoms with Gasteiger partial charge in [-0.3, -0.25) is 14.6 Å². The minimum absolute atomic E-state index is 0.0230.